The van der Waals surface area contributed by atoms with Crippen molar-refractivity contribution in [3.05, 3.63) is 23.3 Å². The zero-order chi connectivity index (χ0) is 19.6. The van der Waals surface area contributed by atoms with Crippen LogP contribution in [0.2, 0.25) is 0 Å². The van der Waals surface area contributed by atoms with Gasteiger partial charge in [0, 0.05) is 17.3 Å². The van der Waals surface area contributed by atoms with Crippen molar-refractivity contribution in [1.82, 2.24) is 0 Å². The van der Waals surface area contributed by atoms with Crippen LogP contribution in [0.4, 0.5) is 0 Å². The molecule has 0 aromatic carbocycles. The molecular weight excluding hydrogens is 342 g/mol. The normalized spacial score (nSPS) is 47.5. The standard InChI is InChI=1S/C22H31NO4/c1-12(24)14-5-6-15-13-9-18(23-27-4)17-10-19(25)20(26)11-22(17,3)16(13)7-8-21(14,15)2/h6,9,14,16-17,19-20,25-26H,5,7-8,10-11H2,1-4H3/b23-18-/t14-,16?,17+,19-,20?,21-,22-/m1/s1. The van der Waals surface area contributed by atoms with Crippen molar-refractivity contribution < 1.29 is 19.8 Å². The van der Waals surface area contributed by atoms with Crippen molar-refractivity contribution in [3.8, 4) is 0 Å². The minimum Gasteiger partial charge on any atom is -0.399 e. The minimum atomic E-state index is -0.721. The van der Waals surface area contributed by atoms with Gasteiger partial charge < -0.3 is 15.1 Å². The van der Waals surface area contributed by atoms with E-state index in [1.807, 2.05) is 0 Å². The van der Waals surface area contributed by atoms with Crippen molar-refractivity contribution in [3.63, 3.8) is 0 Å². The molecule has 7 atom stereocenters. The molecular formula is C22H31NO4. The first-order valence-corrected chi connectivity index (χ1v) is 10.1. The number of carbonyl (C=O) groups is 1. The van der Waals surface area contributed by atoms with Gasteiger partial charge in [0.2, 0.25) is 0 Å². The minimum absolute atomic E-state index is 0.0569. The lowest BCUT2D eigenvalue weighted by atomic mass is 9.48. The Kier molecular flexibility index (Phi) is 4.39. The van der Waals surface area contributed by atoms with Crippen LogP contribution in [0.25, 0.3) is 0 Å². The van der Waals surface area contributed by atoms with Gasteiger partial charge in [0.1, 0.15) is 12.9 Å². The van der Waals surface area contributed by atoms with Gasteiger partial charge in [-0.25, -0.2) is 0 Å². The zero-order valence-corrected chi connectivity index (χ0v) is 16.7. The first-order chi connectivity index (χ1) is 12.7. The van der Waals surface area contributed by atoms with Crippen LogP contribution in [0.1, 0.15) is 52.9 Å². The highest BCUT2D eigenvalue weighted by Gasteiger charge is 2.58. The Morgan fingerprint density at radius 2 is 2.00 bits per heavy atom. The van der Waals surface area contributed by atoms with E-state index in [9.17, 15) is 15.0 Å². The highest BCUT2D eigenvalue weighted by molar-refractivity contribution is 6.00. The van der Waals surface area contributed by atoms with Gasteiger partial charge in [0.15, 0.2) is 0 Å². The lowest BCUT2D eigenvalue weighted by Crippen LogP contribution is -2.55. The molecule has 5 nitrogen and oxygen atoms in total. The maximum Gasteiger partial charge on any atom is 0.134 e. The van der Waals surface area contributed by atoms with Crippen LogP contribution in [-0.4, -0.2) is 41.0 Å². The third-order valence-corrected chi connectivity index (χ3v) is 8.09. The summed E-state index contributed by atoms with van der Waals surface area (Å²) in [6.07, 6.45) is 6.84. The summed E-state index contributed by atoms with van der Waals surface area (Å²) in [5, 5.41) is 25.0. The lowest BCUT2D eigenvalue weighted by molar-refractivity contribution is -0.123. The molecule has 0 aromatic rings. The smallest absolute Gasteiger partial charge is 0.134 e. The van der Waals surface area contributed by atoms with Crippen LogP contribution in [0.15, 0.2) is 28.5 Å². The van der Waals surface area contributed by atoms with E-state index in [1.165, 1.54) is 11.1 Å². The summed E-state index contributed by atoms with van der Waals surface area (Å²) in [5.74, 6) is 0.705. The van der Waals surface area contributed by atoms with E-state index < -0.39 is 12.2 Å². The van der Waals surface area contributed by atoms with E-state index in [1.54, 1.807) is 14.0 Å². The van der Waals surface area contributed by atoms with E-state index in [4.69, 9.17) is 4.84 Å². The molecule has 148 valence electrons. The fraction of sp³-hybridized carbons (Fsp3) is 0.727. The van der Waals surface area contributed by atoms with Gasteiger partial charge in [-0.05, 0) is 67.6 Å². The maximum atomic E-state index is 12.2. The largest absolute Gasteiger partial charge is 0.399 e. The number of ketones is 1. The van der Waals surface area contributed by atoms with Crippen LogP contribution in [-0.2, 0) is 9.63 Å². The SMILES string of the molecule is CO/N=C1/C=C2C3=CC[C@H](C(C)=O)[C@@]3(C)CCC2[C@@]2(C)CC(O)[C@H](O)C[C@@H]12. The first kappa shape index (κ1) is 18.9. The molecule has 4 aliphatic rings. The summed E-state index contributed by atoms with van der Waals surface area (Å²) < 4.78 is 0. The van der Waals surface area contributed by atoms with Crippen LogP contribution in [0.5, 0.6) is 0 Å². The van der Waals surface area contributed by atoms with Crippen LogP contribution < -0.4 is 0 Å². The van der Waals surface area contributed by atoms with E-state index in [-0.39, 0.29) is 28.4 Å². The Hall–Kier alpha value is -1.46. The summed E-state index contributed by atoms with van der Waals surface area (Å²) >= 11 is 0. The molecule has 5 heteroatoms. The molecule has 2 unspecified atom stereocenters. The second-order valence-electron chi connectivity index (χ2n) is 9.46. The van der Waals surface area contributed by atoms with Crippen molar-refractivity contribution in [1.29, 1.82) is 0 Å². The third kappa shape index (κ3) is 2.58. The molecule has 0 aromatic heterocycles. The van der Waals surface area contributed by atoms with Gasteiger partial charge in [-0.1, -0.05) is 25.1 Å². The molecule has 0 saturated heterocycles. The number of oxime groups is 1. The Bertz CT molecular complexity index is 753. The van der Waals surface area contributed by atoms with Crippen molar-refractivity contribution >= 4 is 11.5 Å². The second kappa shape index (κ2) is 6.28. The molecule has 0 spiro atoms. The quantitative estimate of drug-likeness (QED) is 0.729. The fourth-order valence-electron chi connectivity index (χ4n) is 6.63. The molecule has 2 N–H and O–H groups in total. The number of hydrogen-bond acceptors (Lipinski definition) is 5. The monoisotopic (exact) mass is 373 g/mol. The molecule has 0 radical (unpaired) electrons. The number of rotatable bonds is 2. The summed E-state index contributed by atoms with van der Waals surface area (Å²) in [6.45, 7) is 6.17. The Morgan fingerprint density at radius 3 is 2.67 bits per heavy atom. The lowest BCUT2D eigenvalue weighted by Gasteiger charge is -2.56. The number of allylic oxidation sites excluding steroid dienone is 4. The number of hydrogen-bond donors (Lipinski definition) is 2. The van der Waals surface area contributed by atoms with Crippen LogP contribution in [0.3, 0.4) is 0 Å². The Labute approximate surface area is 161 Å². The van der Waals surface area contributed by atoms with Crippen molar-refractivity contribution in [2.75, 3.05) is 7.11 Å². The highest BCUT2D eigenvalue weighted by Crippen LogP contribution is 2.63. The summed E-state index contributed by atoms with van der Waals surface area (Å²) in [5.41, 5.74) is 3.14. The van der Waals surface area contributed by atoms with Gasteiger partial charge in [-0.3, -0.25) is 4.79 Å². The zero-order valence-electron chi connectivity index (χ0n) is 16.7. The maximum absolute atomic E-state index is 12.2. The summed E-state index contributed by atoms with van der Waals surface area (Å²) in [7, 11) is 1.55. The molecule has 0 heterocycles. The molecule has 4 aliphatic carbocycles. The van der Waals surface area contributed by atoms with Crippen LogP contribution >= 0.6 is 0 Å². The van der Waals surface area contributed by atoms with Gasteiger partial charge in [0.25, 0.3) is 0 Å². The second-order valence-corrected chi connectivity index (χ2v) is 9.46. The Morgan fingerprint density at radius 1 is 1.26 bits per heavy atom. The molecule has 2 fully saturated rings. The number of nitrogens with zero attached hydrogens (tertiary/aromatic N) is 1. The number of fused-ring (bicyclic) bond motifs is 5. The van der Waals surface area contributed by atoms with Gasteiger partial charge in [-0.15, -0.1) is 0 Å². The number of aliphatic hydroxyl groups is 2. The van der Waals surface area contributed by atoms with E-state index in [0.717, 1.165) is 25.0 Å². The van der Waals surface area contributed by atoms with Gasteiger partial charge >= 0.3 is 0 Å². The predicted octanol–water partition coefficient (Wildman–Crippen LogP) is 3.02. The molecule has 2 saturated carbocycles. The molecule has 0 amide bonds. The molecule has 4 rings (SSSR count). The predicted molar refractivity (Wildman–Crippen MR) is 103 cm³/mol. The van der Waals surface area contributed by atoms with E-state index in [2.05, 4.69) is 31.2 Å². The van der Waals surface area contributed by atoms with Crippen molar-refractivity contribution in [2.45, 2.75) is 65.1 Å². The van der Waals surface area contributed by atoms with E-state index in [0.29, 0.717) is 18.8 Å². The Balaban J connectivity index is 1.81. The average molecular weight is 373 g/mol. The van der Waals surface area contributed by atoms with Gasteiger partial charge in [0.05, 0.1) is 17.9 Å². The van der Waals surface area contributed by atoms with Crippen molar-refractivity contribution in [2.24, 2.45) is 33.7 Å². The number of Topliss-reactive ketones (excluding diaryl/α,β-unsaturated/α-hetero) is 1. The summed E-state index contributed by atoms with van der Waals surface area (Å²) in [4.78, 5) is 17.4. The molecule has 0 aliphatic heterocycles. The number of carbonyl (C=O) groups excluding carboxylic acids is 1. The third-order valence-electron chi connectivity index (χ3n) is 8.09. The highest BCUT2D eigenvalue weighted by atomic mass is 16.6. The van der Waals surface area contributed by atoms with Gasteiger partial charge in [-0.2, -0.15) is 0 Å². The molecule has 27 heavy (non-hydrogen) atoms. The topological polar surface area (TPSA) is 79.1 Å². The van der Waals surface area contributed by atoms with E-state index >= 15 is 0 Å². The molecule has 0 bridgehead atoms. The fourth-order valence-corrected chi connectivity index (χ4v) is 6.63. The first-order valence-electron chi connectivity index (χ1n) is 10.1. The van der Waals surface area contributed by atoms with Crippen LogP contribution in [0, 0.1) is 28.6 Å². The average Bonchev–Trinajstić information content (AvgIpc) is 2.95. The number of aliphatic hydroxyl groups excluding tert-OH is 2. The summed E-state index contributed by atoms with van der Waals surface area (Å²) in [6, 6.07) is 0.